The van der Waals surface area contributed by atoms with Crippen molar-refractivity contribution >= 4 is 23.1 Å². The Hall–Kier alpha value is -3.34. The zero-order valence-electron chi connectivity index (χ0n) is 13.9. The predicted octanol–water partition coefficient (Wildman–Crippen LogP) is 4.48. The molecule has 5 nitrogen and oxygen atoms in total. The van der Waals surface area contributed by atoms with Gasteiger partial charge in [-0.1, -0.05) is 30.3 Å². The van der Waals surface area contributed by atoms with Crippen LogP contribution in [0.1, 0.15) is 17.3 Å². The molecular weight excluding hydrogens is 314 g/mol. The van der Waals surface area contributed by atoms with Gasteiger partial charge in [-0.05, 0) is 43.3 Å². The van der Waals surface area contributed by atoms with Gasteiger partial charge in [0.1, 0.15) is 11.6 Å². The van der Waals surface area contributed by atoms with Crippen molar-refractivity contribution in [2.75, 3.05) is 17.2 Å². The third-order valence-corrected chi connectivity index (χ3v) is 3.51. The average Bonchev–Trinajstić information content (AvgIpc) is 2.66. The van der Waals surface area contributed by atoms with Gasteiger partial charge in [0, 0.05) is 5.56 Å². The molecule has 0 saturated heterocycles. The number of ether oxygens (including phenoxy) is 1. The summed E-state index contributed by atoms with van der Waals surface area (Å²) >= 11 is 0. The summed E-state index contributed by atoms with van der Waals surface area (Å²) in [4.78, 5) is 16.4. The molecule has 1 heterocycles. The maximum Gasteiger partial charge on any atom is 0.256 e. The summed E-state index contributed by atoms with van der Waals surface area (Å²) in [6.45, 7) is 2.55. The Morgan fingerprint density at radius 1 is 1.00 bits per heavy atom. The van der Waals surface area contributed by atoms with Crippen LogP contribution in [0.15, 0.2) is 72.9 Å². The second-order valence-electron chi connectivity index (χ2n) is 5.31. The van der Waals surface area contributed by atoms with E-state index >= 15 is 0 Å². The number of hydrogen-bond donors (Lipinski definition) is 2. The first kappa shape index (κ1) is 16.5. The van der Waals surface area contributed by atoms with Crippen LogP contribution in [-0.2, 0) is 0 Å². The molecule has 3 aromatic rings. The minimum Gasteiger partial charge on any atom is -0.492 e. The number of pyridine rings is 1. The summed E-state index contributed by atoms with van der Waals surface area (Å²) in [6.07, 6.45) is 1.67. The van der Waals surface area contributed by atoms with Crippen molar-refractivity contribution in [1.29, 1.82) is 0 Å². The molecule has 0 bridgehead atoms. The quantitative estimate of drug-likeness (QED) is 0.698. The number of aromatic nitrogens is 1. The zero-order chi connectivity index (χ0) is 17.5. The fraction of sp³-hybridized carbons (Fsp3) is 0.100. The largest absolute Gasteiger partial charge is 0.492 e. The van der Waals surface area contributed by atoms with Crippen LogP contribution < -0.4 is 15.4 Å². The zero-order valence-corrected chi connectivity index (χ0v) is 13.9. The summed E-state index contributed by atoms with van der Waals surface area (Å²) in [5.41, 5.74) is 2.27. The number of benzene rings is 2. The lowest BCUT2D eigenvalue weighted by atomic mass is 10.2. The number of amides is 1. The Morgan fingerprint density at radius 2 is 1.76 bits per heavy atom. The highest BCUT2D eigenvalue weighted by Crippen LogP contribution is 2.27. The Morgan fingerprint density at radius 3 is 2.48 bits per heavy atom. The third kappa shape index (κ3) is 4.35. The fourth-order valence-electron chi connectivity index (χ4n) is 2.33. The van der Waals surface area contributed by atoms with E-state index in [0.29, 0.717) is 18.0 Å². The molecule has 5 heteroatoms. The molecule has 126 valence electrons. The summed E-state index contributed by atoms with van der Waals surface area (Å²) in [5, 5.41) is 6.05. The number of hydrogen-bond acceptors (Lipinski definition) is 4. The molecule has 0 aliphatic carbocycles. The van der Waals surface area contributed by atoms with Crippen molar-refractivity contribution < 1.29 is 9.53 Å². The normalized spacial score (nSPS) is 10.1. The number of para-hydroxylation sites is 2. The van der Waals surface area contributed by atoms with Gasteiger partial charge < -0.3 is 15.4 Å². The number of nitrogens with one attached hydrogen (secondary N) is 2. The molecule has 1 amide bonds. The van der Waals surface area contributed by atoms with E-state index in [2.05, 4.69) is 15.6 Å². The summed E-state index contributed by atoms with van der Waals surface area (Å²) in [7, 11) is 0. The molecule has 3 rings (SSSR count). The van der Waals surface area contributed by atoms with Crippen LogP contribution in [0.2, 0.25) is 0 Å². The second-order valence-corrected chi connectivity index (χ2v) is 5.31. The number of carbonyl (C=O) groups excluding carboxylic acids is 1. The number of rotatable bonds is 6. The minimum absolute atomic E-state index is 0.185. The van der Waals surface area contributed by atoms with Gasteiger partial charge in [0.05, 0.1) is 24.2 Å². The molecule has 2 N–H and O–H groups in total. The molecule has 0 atom stereocenters. The Labute approximate surface area is 146 Å². The smallest absolute Gasteiger partial charge is 0.256 e. The van der Waals surface area contributed by atoms with E-state index in [9.17, 15) is 4.79 Å². The topological polar surface area (TPSA) is 63.2 Å². The lowest BCUT2D eigenvalue weighted by molar-refractivity contribution is 0.102. The lowest BCUT2D eigenvalue weighted by Gasteiger charge is -2.12. The van der Waals surface area contributed by atoms with E-state index < -0.39 is 0 Å². The van der Waals surface area contributed by atoms with Crippen molar-refractivity contribution in [3.63, 3.8) is 0 Å². The first-order valence-corrected chi connectivity index (χ1v) is 8.07. The minimum atomic E-state index is -0.185. The van der Waals surface area contributed by atoms with Crippen LogP contribution in [0.4, 0.5) is 17.2 Å². The SMILES string of the molecule is CCOc1ccccc1Nc1ccc(NC(=O)c2ccccc2)nc1. The van der Waals surface area contributed by atoms with Gasteiger partial charge in [-0.25, -0.2) is 4.98 Å². The summed E-state index contributed by atoms with van der Waals surface area (Å²) < 4.78 is 5.59. The van der Waals surface area contributed by atoms with Crippen molar-refractivity contribution in [3.05, 3.63) is 78.5 Å². The van der Waals surface area contributed by atoms with E-state index in [4.69, 9.17) is 4.74 Å². The molecule has 2 aromatic carbocycles. The van der Waals surface area contributed by atoms with E-state index in [1.807, 2.05) is 55.5 Å². The molecule has 25 heavy (non-hydrogen) atoms. The van der Waals surface area contributed by atoms with E-state index in [-0.39, 0.29) is 5.91 Å². The summed E-state index contributed by atoms with van der Waals surface area (Å²) in [5.74, 6) is 1.10. The first-order valence-electron chi connectivity index (χ1n) is 8.07. The maximum absolute atomic E-state index is 12.1. The highest BCUT2D eigenvalue weighted by molar-refractivity contribution is 6.03. The van der Waals surface area contributed by atoms with Crippen molar-refractivity contribution in [2.45, 2.75) is 6.92 Å². The molecule has 0 saturated carbocycles. The van der Waals surface area contributed by atoms with Gasteiger partial charge in [-0.15, -0.1) is 0 Å². The molecule has 1 aromatic heterocycles. The van der Waals surface area contributed by atoms with Crippen molar-refractivity contribution in [3.8, 4) is 5.75 Å². The van der Waals surface area contributed by atoms with Crippen LogP contribution in [0, 0.1) is 0 Å². The Bertz CT molecular complexity index is 833. The number of anilines is 3. The van der Waals surface area contributed by atoms with Crippen LogP contribution in [0.5, 0.6) is 5.75 Å². The van der Waals surface area contributed by atoms with Gasteiger partial charge >= 0.3 is 0 Å². The van der Waals surface area contributed by atoms with Gasteiger partial charge in [-0.2, -0.15) is 0 Å². The monoisotopic (exact) mass is 333 g/mol. The maximum atomic E-state index is 12.1. The molecule has 0 aliphatic rings. The molecule has 0 fully saturated rings. The molecule has 0 unspecified atom stereocenters. The molecule has 0 spiro atoms. The van der Waals surface area contributed by atoms with E-state index in [1.165, 1.54) is 0 Å². The predicted molar refractivity (Wildman–Crippen MR) is 99.5 cm³/mol. The van der Waals surface area contributed by atoms with Gasteiger partial charge in [0.15, 0.2) is 0 Å². The van der Waals surface area contributed by atoms with Crippen molar-refractivity contribution in [2.24, 2.45) is 0 Å². The fourth-order valence-corrected chi connectivity index (χ4v) is 2.33. The third-order valence-electron chi connectivity index (χ3n) is 3.51. The van der Waals surface area contributed by atoms with Crippen LogP contribution in [0.3, 0.4) is 0 Å². The number of nitrogens with zero attached hydrogens (tertiary/aromatic N) is 1. The number of carbonyl (C=O) groups is 1. The van der Waals surface area contributed by atoms with Crippen LogP contribution >= 0.6 is 0 Å². The van der Waals surface area contributed by atoms with E-state index in [0.717, 1.165) is 17.1 Å². The average molecular weight is 333 g/mol. The Kier molecular flexibility index (Phi) is 5.26. The molecule has 0 radical (unpaired) electrons. The van der Waals surface area contributed by atoms with E-state index in [1.54, 1.807) is 24.4 Å². The standard InChI is InChI=1S/C20H19N3O2/c1-2-25-18-11-7-6-10-17(18)22-16-12-13-19(21-14-16)23-20(24)15-8-4-3-5-9-15/h3-14,22H,2H2,1H3,(H,21,23,24). The highest BCUT2D eigenvalue weighted by Gasteiger charge is 2.07. The molecular formula is C20H19N3O2. The highest BCUT2D eigenvalue weighted by atomic mass is 16.5. The first-order chi connectivity index (χ1) is 12.3. The van der Waals surface area contributed by atoms with Crippen LogP contribution in [-0.4, -0.2) is 17.5 Å². The van der Waals surface area contributed by atoms with Gasteiger partial charge in [0.2, 0.25) is 0 Å². The Balaban J connectivity index is 1.68. The second kappa shape index (κ2) is 7.97. The molecule has 0 aliphatic heterocycles. The van der Waals surface area contributed by atoms with Crippen LogP contribution in [0.25, 0.3) is 0 Å². The van der Waals surface area contributed by atoms with Gasteiger partial charge in [-0.3, -0.25) is 4.79 Å². The lowest BCUT2D eigenvalue weighted by Crippen LogP contribution is -2.12. The van der Waals surface area contributed by atoms with Gasteiger partial charge in [0.25, 0.3) is 5.91 Å². The summed E-state index contributed by atoms with van der Waals surface area (Å²) in [6, 6.07) is 20.4. The van der Waals surface area contributed by atoms with Crippen molar-refractivity contribution in [1.82, 2.24) is 4.98 Å².